The summed E-state index contributed by atoms with van der Waals surface area (Å²) in [7, 11) is 0.500. The van der Waals surface area contributed by atoms with Crippen molar-refractivity contribution in [2.75, 3.05) is 7.18 Å². The average molecular weight is 195 g/mol. The molecule has 0 aromatic heterocycles. The van der Waals surface area contributed by atoms with Crippen molar-refractivity contribution < 1.29 is 9.18 Å². The monoisotopic (exact) mass is 195 g/mol. The number of alkyl halides is 1. The van der Waals surface area contributed by atoms with Gasteiger partial charge in [0.25, 0.3) is 0 Å². The Morgan fingerprint density at radius 1 is 1.29 bits per heavy atom. The van der Waals surface area contributed by atoms with Crippen LogP contribution in [0.5, 0.6) is 0 Å². The first kappa shape index (κ1) is 14.8. The van der Waals surface area contributed by atoms with Crippen LogP contribution in [0.25, 0.3) is 0 Å². The van der Waals surface area contributed by atoms with E-state index in [1.54, 1.807) is 0 Å². The predicted molar refractivity (Wildman–Crippen MR) is 54.7 cm³/mol. The summed E-state index contributed by atoms with van der Waals surface area (Å²) in [4.78, 5) is 8.81. The molecule has 0 amide bonds. The molecule has 0 radical (unpaired) electrons. The molecule has 0 N–H and O–H groups in total. The second-order valence-electron chi connectivity index (χ2n) is 2.21. The van der Waals surface area contributed by atoms with E-state index >= 15 is 0 Å². The number of aryl methyl sites for hydroxylation is 1. The average Bonchev–Trinajstić information content (AvgIpc) is 2.23. The largest absolute Gasteiger partial charge is 0.304 e. The third kappa shape index (κ3) is 8.41. The zero-order valence-corrected chi connectivity index (χ0v) is 8.62. The van der Waals surface area contributed by atoms with Crippen molar-refractivity contribution in [3.8, 4) is 6.07 Å². The fraction of sp³-hybridized carbons (Fsp3) is 0.273. The molecule has 2 nitrogen and oxygen atoms in total. The summed E-state index contributed by atoms with van der Waals surface area (Å²) in [6.07, 6.45) is 0.750. The Hall–Kier alpha value is -1.69. The van der Waals surface area contributed by atoms with Crippen LogP contribution in [0, 0.1) is 18.3 Å². The molecular weight excluding hydrogens is 181 g/mol. The van der Waals surface area contributed by atoms with Gasteiger partial charge in [-0.2, -0.15) is 5.26 Å². The first-order chi connectivity index (χ1) is 6.74. The normalized spacial score (nSPS) is 6.79. The van der Waals surface area contributed by atoms with Crippen LogP contribution in [-0.4, -0.2) is 13.5 Å². The Bertz CT molecular complexity index is 274. The fourth-order valence-electron chi connectivity index (χ4n) is 0.628. The molecule has 0 bridgehead atoms. The molecule has 0 aliphatic rings. The highest BCUT2D eigenvalue weighted by molar-refractivity contribution is 5.44. The third-order valence-electron chi connectivity index (χ3n) is 1.18. The minimum Gasteiger partial charge on any atom is -0.304 e. The van der Waals surface area contributed by atoms with Gasteiger partial charge in [0.05, 0.1) is 18.8 Å². The van der Waals surface area contributed by atoms with Crippen LogP contribution in [-0.2, 0) is 4.79 Å². The van der Waals surface area contributed by atoms with Gasteiger partial charge < -0.3 is 4.79 Å². The molecule has 14 heavy (non-hydrogen) atoms. The molecule has 0 fully saturated rings. The maximum Gasteiger partial charge on any atom is 0.116 e. The topological polar surface area (TPSA) is 40.9 Å². The van der Waals surface area contributed by atoms with Crippen LogP contribution in [0.2, 0.25) is 0 Å². The molecule has 0 aliphatic heterocycles. The lowest BCUT2D eigenvalue weighted by atomic mass is 10.2. The number of nitriles is 1. The van der Waals surface area contributed by atoms with E-state index in [-0.39, 0.29) is 0 Å². The lowest BCUT2D eigenvalue weighted by Gasteiger charge is -1.88. The standard InChI is InChI=1S/C8H7N.C2H4O.CH3F/c1-7-2-4-8(6-9)5-3-7;1-2-3;1-2/h2-5H,1H3;2H,1H3;1H3. The van der Waals surface area contributed by atoms with Crippen molar-refractivity contribution in [3.63, 3.8) is 0 Å². The molecule has 0 aliphatic carbocycles. The lowest BCUT2D eigenvalue weighted by molar-refractivity contribution is -0.106. The summed E-state index contributed by atoms with van der Waals surface area (Å²) in [5.41, 5.74) is 1.91. The highest BCUT2D eigenvalue weighted by Gasteiger charge is 1.84. The number of halogens is 1. The summed E-state index contributed by atoms with van der Waals surface area (Å²) < 4.78 is 9.50. The molecule has 0 spiro atoms. The number of nitrogens with zero attached hydrogens (tertiary/aromatic N) is 1. The number of carbonyl (C=O) groups is 1. The second-order valence-corrected chi connectivity index (χ2v) is 2.21. The minimum atomic E-state index is 0.500. The van der Waals surface area contributed by atoms with E-state index in [4.69, 9.17) is 10.1 Å². The first-order valence-corrected chi connectivity index (χ1v) is 3.99. The third-order valence-corrected chi connectivity index (χ3v) is 1.18. The van der Waals surface area contributed by atoms with E-state index in [0.29, 0.717) is 7.18 Å². The molecule has 0 unspecified atom stereocenters. The van der Waals surface area contributed by atoms with Gasteiger partial charge in [0.15, 0.2) is 0 Å². The number of aldehydes is 1. The number of hydrogen-bond donors (Lipinski definition) is 0. The highest BCUT2D eigenvalue weighted by atomic mass is 19.1. The van der Waals surface area contributed by atoms with Gasteiger partial charge in [-0.05, 0) is 26.0 Å². The lowest BCUT2D eigenvalue weighted by Crippen LogP contribution is -1.72. The van der Waals surface area contributed by atoms with E-state index < -0.39 is 0 Å². The van der Waals surface area contributed by atoms with Crippen LogP contribution < -0.4 is 0 Å². The summed E-state index contributed by atoms with van der Waals surface area (Å²) in [5.74, 6) is 0. The molecule has 0 saturated carbocycles. The van der Waals surface area contributed by atoms with Crippen LogP contribution in [0.4, 0.5) is 4.39 Å². The molecule has 0 saturated heterocycles. The Morgan fingerprint density at radius 2 is 1.64 bits per heavy atom. The fourth-order valence-corrected chi connectivity index (χ4v) is 0.628. The molecule has 3 heteroatoms. The van der Waals surface area contributed by atoms with Crippen LogP contribution in [0.3, 0.4) is 0 Å². The highest BCUT2D eigenvalue weighted by Crippen LogP contribution is 1.99. The Kier molecular flexibility index (Phi) is 12.0. The quantitative estimate of drug-likeness (QED) is 0.597. The van der Waals surface area contributed by atoms with Crippen molar-refractivity contribution in [2.24, 2.45) is 0 Å². The summed E-state index contributed by atoms with van der Waals surface area (Å²) in [5, 5.41) is 8.38. The summed E-state index contributed by atoms with van der Waals surface area (Å²) >= 11 is 0. The molecule has 1 aromatic rings. The van der Waals surface area contributed by atoms with Gasteiger partial charge in [-0.15, -0.1) is 0 Å². The number of rotatable bonds is 0. The Balaban J connectivity index is 0. The Morgan fingerprint density at radius 3 is 1.93 bits per heavy atom. The predicted octanol–water partition coefficient (Wildman–Crippen LogP) is 2.66. The van der Waals surface area contributed by atoms with Crippen LogP contribution >= 0.6 is 0 Å². The number of carbonyl (C=O) groups excluding carboxylic acids is 1. The number of hydrogen-bond acceptors (Lipinski definition) is 2. The van der Waals surface area contributed by atoms with Gasteiger partial charge in [0.2, 0.25) is 0 Å². The minimum absolute atomic E-state index is 0.500. The van der Waals surface area contributed by atoms with Crippen LogP contribution in [0.15, 0.2) is 24.3 Å². The molecule has 76 valence electrons. The van der Waals surface area contributed by atoms with Crippen molar-refractivity contribution in [2.45, 2.75) is 13.8 Å². The van der Waals surface area contributed by atoms with Crippen LogP contribution in [0.1, 0.15) is 18.1 Å². The summed E-state index contributed by atoms with van der Waals surface area (Å²) in [6, 6.07) is 9.54. The molecule has 1 aromatic carbocycles. The van der Waals surface area contributed by atoms with E-state index in [1.807, 2.05) is 31.2 Å². The number of benzene rings is 1. The van der Waals surface area contributed by atoms with Crippen molar-refractivity contribution in [1.29, 1.82) is 5.26 Å². The zero-order chi connectivity index (χ0) is 11.4. The second kappa shape index (κ2) is 11.3. The molecule has 0 heterocycles. The molecular formula is C11H14FNO. The van der Waals surface area contributed by atoms with Gasteiger partial charge in [0.1, 0.15) is 6.29 Å². The SMILES string of the molecule is CC=O.CF.Cc1ccc(C#N)cc1. The maximum atomic E-state index is 9.50. The Labute approximate surface area is 84.0 Å². The first-order valence-electron chi connectivity index (χ1n) is 3.99. The van der Waals surface area contributed by atoms with Gasteiger partial charge in [-0.25, -0.2) is 0 Å². The van der Waals surface area contributed by atoms with E-state index in [0.717, 1.165) is 11.8 Å². The van der Waals surface area contributed by atoms with E-state index in [1.165, 1.54) is 12.5 Å². The van der Waals surface area contributed by atoms with Crippen molar-refractivity contribution >= 4 is 6.29 Å². The molecule has 0 atom stereocenters. The van der Waals surface area contributed by atoms with Crippen molar-refractivity contribution in [1.82, 2.24) is 0 Å². The summed E-state index contributed by atoms with van der Waals surface area (Å²) in [6.45, 7) is 3.45. The zero-order valence-electron chi connectivity index (χ0n) is 8.62. The molecule has 1 rings (SSSR count). The van der Waals surface area contributed by atoms with Gasteiger partial charge in [-0.3, -0.25) is 4.39 Å². The van der Waals surface area contributed by atoms with Crippen molar-refractivity contribution in [3.05, 3.63) is 35.4 Å². The smallest absolute Gasteiger partial charge is 0.116 e. The van der Waals surface area contributed by atoms with Gasteiger partial charge in [0, 0.05) is 0 Å². The maximum absolute atomic E-state index is 9.50. The van der Waals surface area contributed by atoms with Gasteiger partial charge >= 0.3 is 0 Å². The van der Waals surface area contributed by atoms with E-state index in [2.05, 4.69) is 6.07 Å². The van der Waals surface area contributed by atoms with Gasteiger partial charge in [-0.1, -0.05) is 17.7 Å². The van der Waals surface area contributed by atoms with E-state index in [9.17, 15) is 4.39 Å².